The first kappa shape index (κ1) is 18.5. The van der Waals surface area contributed by atoms with E-state index < -0.39 is 17.6 Å². The van der Waals surface area contributed by atoms with E-state index in [9.17, 15) is 18.0 Å². The zero-order valence-corrected chi connectivity index (χ0v) is 13.9. The minimum absolute atomic E-state index is 0.105. The third-order valence-corrected chi connectivity index (χ3v) is 4.20. The van der Waals surface area contributed by atoms with Crippen molar-refractivity contribution in [2.24, 2.45) is 0 Å². The number of anilines is 1. The summed E-state index contributed by atoms with van der Waals surface area (Å²) in [7, 11) is 0. The zero-order chi connectivity index (χ0) is 17.6. The van der Waals surface area contributed by atoms with Crippen molar-refractivity contribution >= 4 is 35.0 Å². The number of carbonyl (C=O) groups excluding carboxylic acids is 1. The summed E-state index contributed by atoms with van der Waals surface area (Å²) in [5.41, 5.74) is 4.53. The van der Waals surface area contributed by atoms with Crippen molar-refractivity contribution in [1.29, 1.82) is 0 Å². The number of benzene rings is 2. The number of hydrazine groups is 1. The highest BCUT2D eigenvalue weighted by atomic mass is 35.5. The summed E-state index contributed by atoms with van der Waals surface area (Å²) >= 11 is 7.20. The Morgan fingerprint density at radius 2 is 1.88 bits per heavy atom. The molecule has 24 heavy (non-hydrogen) atoms. The quantitative estimate of drug-likeness (QED) is 0.718. The molecule has 2 N–H and O–H groups in total. The molecule has 1 amide bonds. The van der Waals surface area contributed by atoms with Gasteiger partial charge in [-0.15, -0.1) is 11.8 Å². The molecule has 8 heteroatoms. The van der Waals surface area contributed by atoms with Gasteiger partial charge in [0.2, 0.25) is 5.91 Å². The predicted molar refractivity (Wildman–Crippen MR) is 90.8 cm³/mol. The number of hydrogen-bond acceptors (Lipinski definition) is 3. The summed E-state index contributed by atoms with van der Waals surface area (Å²) in [5.74, 6) is 0.264. The molecule has 0 unspecified atom stereocenters. The van der Waals surface area contributed by atoms with Crippen LogP contribution in [0.25, 0.3) is 0 Å². The van der Waals surface area contributed by atoms with Crippen molar-refractivity contribution in [3.63, 3.8) is 0 Å². The van der Waals surface area contributed by atoms with Crippen LogP contribution < -0.4 is 10.9 Å². The molecule has 2 rings (SSSR count). The van der Waals surface area contributed by atoms with Crippen LogP contribution in [0.2, 0.25) is 5.02 Å². The summed E-state index contributed by atoms with van der Waals surface area (Å²) in [6, 6.07) is 12.2. The summed E-state index contributed by atoms with van der Waals surface area (Å²) < 4.78 is 38.5. The van der Waals surface area contributed by atoms with Gasteiger partial charge in [-0.05, 0) is 29.8 Å². The van der Waals surface area contributed by atoms with Gasteiger partial charge in [0.25, 0.3) is 0 Å². The molecular weight excluding hydrogens is 361 g/mol. The molecule has 0 aromatic heterocycles. The third kappa shape index (κ3) is 5.65. The lowest BCUT2D eigenvalue weighted by molar-refractivity contribution is -0.137. The number of alkyl halides is 3. The van der Waals surface area contributed by atoms with Crippen molar-refractivity contribution in [2.45, 2.75) is 11.9 Å². The summed E-state index contributed by atoms with van der Waals surface area (Å²) in [4.78, 5) is 11.7. The highest BCUT2D eigenvalue weighted by molar-refractivity contribution is 7.99. The molecule has 0 radical (unpaired) electrons. The molecule has 0 bridgehead atoms. The lowest BCUT2D eigenvalue weighted by Crippen LogP contribution is -2.31. The number of hydrogen-bond donors (Lipinski definition) is 2. The fraction of sp³-hybridized carbons (Fsp3) is 0.188. The first-order valence-electron chi connectivity index (χ1n) is 6.89. The van der Waals surface area contributed by atoms with E-state index in [1.165, 1.54) is 30.0 Å². The SMILES string of the molecule is O=C(CSCc1cccc(Cl)c1)NNc1ccccc1C(F)(F)F. The van der Waals surface area contributed by atoms with Gasteiger partial charge in [0.15, 0.2) is 0 Å². The molecule has 0 aliphatic rings. The van der Waals surface area contributed by atoms with Crippen molar-refractivity contribution in [3.8, 4) is 0 Å². The second kappa shape index (κ2) is 8.30. The molecule has 0 atom stereocenters. The first-order chi connectivity index (χ1) is 11.4. The van der Waals surface area contributed by atoms with Crippen molar-refractivity contribution in [3.05, 3.63) is 64.7 Å². The van der Waals surface area contributed by atoms with Crippen molar-refractivity contribution in [1.82, 2.24) is 5.43 Å². The van der Waals surface area contributed by atoms with E-state index in [4.69, 9.17) is 11.6 Å². The second-order valence-corrected chi connectivity index (χ2v) is 6.26. The van der Waals surface area contributed by atoms with E-state index in [0.29, 0.717) is 10.8 Å². The predicted octanol–water partition coefficient (Wildman–Crippen LogP) is 4.74. The maximum atomic E-state index is 12.8. The van der Waals surface area contributed by atoms with Gasteiger partial charge in [0, 0.05) is 10.8 Å². The Bertz CT molecular complexity index is 710. The summed E-state index contributed by atoms with van der Waals surface area (Å²) in [6.45, 7) is 0. The number of para-hydroxylation sites is 1. The van der Waals surface area contributed by atoms with Crippen LogP contribution in [-0.2, 0) is 16.7 Å². The molecule has 0 spiro atoms. The molecule has 2 aromatic carbocycles. The van der Waals surface area contributed by atoms with Crippen LogP contribution in [0, 0.1) is 0 Å². The van der Waals surface area contributed by atoms with E-state index in [1.807, 2.05) is 12.1 Å². The van der Waals surface area contributed by atoms with Crippen LogP contribution in [-0.4, -0.2) is 11.7 Å². The Hall–Kier alpha value is -1.86. The molecule has 3 nitrogen and oxygen atoms in total. The van der Waals surface area contributed by atoms with Crippen LogP contribution in [0.3, 0.4) is 0 Å². The van der Waals surface area contributed by atoms with Crippen LogP contribution in [0.1, 0.15) is 11.1 Å². The van der Waals surface area contributed by atoms with Crippen LogP contribution in [0.15, 0.2) is 48.5 Å². The Labute approximate surface area is 146 Å². The van der Waals surface area contributed by atoms with E-state index >= 15 is 0 Å². The molecule has 0 saturated carbocycles. The van der Waals surface area contributed by atoms with Gasteiger partial charge in [-0.3, -0.25) is 15.6 Å². The van der Waals surface area contributed by atoms with Gasteiger partial charge in [-0.25, -0.2) is 0 Å². The van der Waals surface area contributed by atoms with Gasteiger partial charge in [0.1, 0.15) is 0 Å². The Morgan fingerprint density at radius 3 is 2.58 bits per heavy atom. The standard InChI is InChI=1S/C16H14ClF3N2OS/c17-12-5-3-4-11(8-12)9-24-10-15(23)22-21-14-7-2-1-6-13(14)16(18,19)20/h1-8,21H,9-10H2,(H,22,23). The smallest absolute Gasteiger partial charge is 0.298 e. The van der Waals surface area contributed by atoms with Gasteiger partial charge in [-0.1, -0.05) is 35.9 Å². The molecule has 128 valence electrons. The number of carbonyl (C=O) groups is 1. The molecule has 0 aliphatic heterocycles. The van der Waals surface area contributed by atoms with Crippen molar-refractivity contribution in [2.75, 3.05) is 11.2 Å². The van der Waals surface area contributed by atoms with Crippen LogP contribution in [0.5, 0.6) is 0 Å². The maximum Gasteiger partial charge on any atom is 0.418 e. The monoisotopic (exact) mass is 374 g/mol. The van der Waals surface area contributed by atoms with Gasteiger partial charge in [-0.2, -0.15) is 13.2 Å². The fourth-order valence-electron chi connectivity index (χ4n) is 1.90. The molecule has 0 saturated heterocycles. The molecule has 0 fully saturated rings. The average molecular weight is 375 g/mol. The molecule has 0 heterocycles. The van der Waals surface area contributed by atoms with Gasteiger partial charge in [0.05, 0.1) is 17.0 Å². The number of amides is 1. The third-order valence-electron chi connectivity index (χ3n) is 2.96. The van der Waals surface area contributed by atoms with Gasteiger partial charge < -0.3 is 0 Å². The van der Waals surface area contributed by atoms with E-state index in [0.717, 1.165) is 11.6 Å². The summed E-state index contributed by atoms with van der Waals surface area (Å²) in [6.07, 6.45) is -4.49. The van der Waals surface area contributed by atoms with Crippen LogP contribution >= 0.6 is 23.4 Å². The number of rotatable bonds is 6. The van der Waals surface area contributed by atoms with E-state index in [-0.39, 0.29) is 11.4 Å². The van der Waals surface area contributed by atoms with E-state index in [2.05, 4.69) is 10.9 Å². The topological polar surface area (TPSA) is 41.1 Å². The Kier molecular flexibility index (Phi) is 6.39. The van der Waals surface area contributed by atoms with Crippen LogP contribution in [0.4, 0.5) is 18.9 Å². The number of thioether (sulfide) groups is 1. The molecule has 2 aromatic rings. The lowest BCUT2D eigenvalue weighted by Gasteiger charge is -2.14. The van der Waals surface area contributed by atoms with Crippen molar-refractivity contribution < 1.29 is 18.0 Å². The highest BCUT2D eigenvalue weighted by Gasteiger charge is 2.33. The maximum absolute atomic E-state index is 12.8. The largest absolute Gasteiger partial charge is 0.418 e. The minimum atomic E-state index is -4.49. The molecule has 0 aliphatic carbocycles. The Balaban J connectivity index is 1.82. The first-order valence-corrected chi connectivity index (χ1v) is 8.43. The number of nitrogens with one attached hydrogen (secondary N) is 2. The lowest BCUT2D eigenvalue weighted by atomic mass is 10.2. The normalized spacial score (nSPS) is 11.2. The van der Waals surface area contributed by atoms with E-state index in [1.54, 1.807) is 12.1 Å². The highest BCUT2D eigenvalue weighted by Crippen LogP contribution is 2.34. The average Bonchev–Trinajstić information content (AvgIpc) is 2.52. The minimum Gasteiger partial charge on any atom is -0.298 e. The molecular formula is C16H14ClF3N2OS. The number of halogens is 4. The second-order valence-electron chi connectivity index (χ2n) is 4.84. The zero-order valence-electron chi connectivity index (χ0n) is 12.4. The Morgan fingerprint density at radius 1 is 1.12 bits per heavy atom. The fourth-order valence-corrected chi connectivity index (χ4v) is 2.89. The summed E-state index contributed by atoms with van der Waals surface area (Å²) in [5, 5.41) is 0.614. The van der Waals surface area contributed by atoms with Gasteiger partial charge >= 0.3 is 6.18 Å².